The highest BCUT2D eigenvalue weighted by Crippen LogP contribution is 2.21. The van der Waals surface area contributed by atoms with Gasteiger partial charge in [-0.2, -0.15) is 0 Å². The van der Waals surface area contributed by atoms with E-state index in [2.05, 4.69) is 10.6 Å². The van der Waals surface area contributed by atoms with Crippen molar-refractivity contribution in [2.45, 2.75) is 19.4 Å². The molecule has 0 aromatic heterocycles. The van der Waals surface area contributed by atoms with Gasteiger partial charge in [0.15, 0.2) is 0 Å². The minimum absolute atomic E-state index is 0. The SMILES string of the molecule is Cc1c(NC(=O)CC2COCCN2)cccc1C(=O)N1CCOCC1.Cl. The molecule has 144 valence electrons. The molecule has 1 unspecified atom stereocenters. The van der Waals surface area contributed by atoms with Crippen LogP contribution in [0.15, 0.2) is 18.2 Å². The number of amides is 2. The Morgan fingerprint density at radius 2 is 2.00 bits per heavy atom. The van der Waals surface area contributed by atoms with Crippen LogP contribution in [0.5, 0.6) is 0 Å². The van der Waals surface area contributed by atoms with Crippen molar-refractivity contribution < 1.29 is 19.1 Å². The van der Waals surface area contributed by atoms with Crippen LogP contribution in [0.3, 0.4) is 0 Å². The molecule has 2 fully saturated rings. The molecule has 0 bridgehead atoms. The number of halogens is 1. The predicted molar refractivity (Wildman–Crippen MR) is 101 cm³/mol. The number of rotatable bonds is 4. The monoisotopic (exact) mass is 383 g/mol. The second-order valence-corrected chi connectivity index (χ2v) is 6.36. The third-order valence-electron chi connectivity index (χ3n) is 4.57. The van der Waals surface area contributed by atoms with Crippen molar-refractivity contribution in [2.75, 3.05) is 51.4 Å². The lowest BCUT2D eigenvalue weighted by Gasteiger charge is -2.27. The summed E-state index contributed by atoms with van der Waals surface area (Å²) < 4.78 is 10.7. The van der Waals surface area contributed by atoms with Crippen LogP contribution in [0.2, 0.25) is 0 Å². The number of anilines is 1. The molecule has 3 rings (SSSR count). The van der Waals surface area contributed by atoms with Crippen LogP contribution in [0.4, 0.5) is 5.69 Å². The lowest BCUT2D eigenvalue weighted by molar-refractivity contribution is -0.117. The van der Waals surface area contributed by atoms with Crippen molar-refractivity contribution in [1.82, 2.24) is 10.2 Å². The van der Waals surface area contributed by atoms with E-state index in [0.29, 0.717) is 57.2 Å². The van der Waals surface area contributed by atoms with Crippen LogP contribution < -0.4 is 10.6 Å². The number of morpholine rings is 2. The second-order valence-electron chi connectivity index (χ2n) is 6.36. The minimum Gasteiger partial charge on any atom is -0.378 e. The second kappa shape index (κ2) is 9.87. The van der Waals surface area contributed by atoms with Crippen molar-refractivity contribution in [3.8, 4) is 0 Å². The van der Waals surface area contributed by atoms with Gasteiger partial charge in [-0.15, -0.1) is 12.4 Å². The van der Waals surface area contributed by atoms with Crippen LogP contribution >= 0.6 is 12.4 Å². The van der Waals surface area contributed by atoms with E-state index < -0.39 is 0 Å². The molecule has 0 radical (unpaired) electrons. The molecule has 7 nitrogen and oxygen atoms in total. The van der Waals surface area contributed by atoms with E-state index in [0.717, 1.165) is 12.1 Å². The fraction of sp³-hybridized carbons (Fsp3) is 0.556. The van der Waals surface area contributed by atoms with E-state index in [1.165, 1.54) is 0 Å². The topological polar surface area (TPSA) is 79.9 Å². The molecule has 2 saturated heterocycles. The van der Waals surface area contributed by atoms with Crippen LogP contribution in [-0.2, 0) is 14.3 Å². The fourth-order valence-corrected chi connectivity index (χ4v) is 3.12. The van der Waals surface area contributed by atoms with Crippen molar-refractivity contribution in [2.24, 2.45) is 0 Å². The molecular weight excluding hydrogens is 358 g/mol. The third-order valence-corrected chi connectivity index (χ3v) is 4.57. The molecule has 2 heterocycles. The Hall–Kier alpha value is -1.67. The van der Waals surface area contributed by atoms with Gasteiger partial charge in [0, 0.05) is 43.3 Å². The molecule has 26 heavy (non-hydrogen) atoms. The zero-order chi connectivity index (χ0) is 17.6. The Morgan fingerprint density at radius 1 is 1.23 bits per heavy atom. The van der Waals surface area contributed by atoms with E-state index in [9.17, 15) is 9.59 Å². The van der Waals surface area contributed by atoms with Crippen molar-refractivity contribution >= 4 is 29.9 Å². The van der Waals surface area contributed by atoms with E-state index in [-0.39, 0.29) is 30.3 Å². The molecule has 0 saturated carbocycles. The molecule has 8 heteroatoms. The van der Waals surface area contributed by atoms with Gasteiger partial charge in [0.25, 0.3) is 5.91 Å². The maximum absolute atomic E-state index is 12.7. The first-order valence-electron chi connectivity index (χ1n) is 8.73. The zero-order valence-electron chi connectivity index (χ0n) is 15.0. The Balaban J connectivity index is 0.00000243. The number of hydrogen-bond acceptors (Lipinski definition) is 5. The predicted octanol–water partition coefficient (Wildman–Crippen LogP) is 1.21. The lowest BCUT2D eigenvalue weighted by atomic mass is 10.0. The van der Waals surface area contributed by atoms with Crippen molar-refractivity contribution in [3.63, 3.8) is 0 Å². The number of nitrogens with one attached hydrogen (secondary N) is 2. The molecule has 1 atom stereocenters. The minimum atomic E-state index is -0.0814. The van der Waals surface area contributed by atoms with Gasteiger partial charge in [-0.05, 0) is 24.6 Å². The van der Waals surface area contributed by atoms with Gasteiger partial charge in [0.1, 0.15) is 0 Å². The number of nitrogens with zero attached hydrogens (tertiary/aromatic N) is 1. The molecule has 0 spiro atoms. The van der Waals surface area contributed by atoms with Gasteiger partial charge in [-0.3, -0.25) is 9.59 Å². The summed E-state index contributed by atoms with van der Waals surface area (Å²) in [5, 5.41) is 6.19. The number of carbonyl (C=O) groups excluding carboxylic acids is 2. The van der Waals surface area contributed by atoms with Gasteiger partial charge in [0.2, 0.25) is 5.91 Å². The standard InChI is InChI=1S/C18H25N3O4.ClH/c1-13-15(18(23)21-6-9-24-10-7-21)3-2-4-16(13)20-17(22)11-14-12-25-8-5-19-14;/h2-4,14,19H,5-12H2,1H3,(H,20,22);1H. The number of benzene rings is 1. The summed E-state index contributed by atoms with van der Waals surface area (Å²) in [6.45, 7) is 6.19. The van der Waals surface area contributed by atoms with E-state index in [1.807, 2.05) is 13.0 Å². The summed E-state index contributed by atoms with van der Waals surface area (Å²) in [6, 6.07) is 5.47. The largest absolute Gasteiger partial charge is 0.378 e. The highest BCUT2D eigenvalue weighted by Gasteiger charge is 2.22. The zero-order valence-corrected chi connectivity index (χ0v) is 15.8. The van der Waals surface area contributed by atoms with E-state index >= 15 is 0 Å². The Morgan fingerprint density at radius 3 is 2.69 bits per heavy atom. The van der Waals surface area contributed by atoms with Crippen molar-refractivity contribution in [3.05, 3.63) is 29.3 Å². The van der Waals surface area contributed by atoms with E-state index in [4.69, 9.17) is 9.47 Å². The molecule has 2 amide bonds. The van der Waals surface area contributed by atoms with Crippen LogP contribution in [0, 0.1) is 6.92 Å². The molecule has 0 aliphatic carbocycles. The first-order valence-corrected chi connectivity index (χ1v) is 8.73. The molecule has 2 aliphatic heterocycles. The first-order chi connectivity index (χ1) is 12.1. The summed E-state index contributed by atoms with van der Waals surface area (Å²) in [5.74, 6) is -0.0960. The Bertz CT molecular complexity index is 629. The average Bonchev–Trinajstić information content (AvgIpc) is 2.64. The van der Waals surface area contributed by atoms with Crippen LogP contribution in [0.25, 0.3) is 0 Å². The number of hydrogen-bond donors (Lipinski definition) is 2. The van der Waals surface area contributed by atoms with Crippen molar-refractivity contribution in [1.29, 1.82) is 0 Å². The average molecular weight is 384 g/mol. The smallest absolute Gasteiger partial charge is 0.254 e. The maximum atomic E-state index is 12.7. The van der Waals surface area contributed by atoms with Gasteiger partial charge in [-0.1, -0.05) is 6.07 Å². The quantitative estimate of drug-likeness (QED) is 0.816. The molecule has 1 aromatic carbocycles. The highest BCUT2D eigenvalue weighted by molar-refractivity contribution is 5.99. The van der Waals surface area contributed by atoms with Crippen LogP contribution in [-0.4, -0.2) is 68.8 Å². The summed E-state index contributed by atoms with van der Waals surface area (Å²) >= 11 is 0. The Kier molecular flexibility index (Phi) is 7.84. The first kappa shape index (κ1) is 20.6. The summed E-state index contributed by atoms with van der Waals surface area (Å²) in [5.41, 5.74) is 2.10. The van der Waals surface area contributed by atoms with Gasteiger partial charge >= 0.3 is 0 Å². The Labute approximate surface area is 159 Å². The molecule has 2 aliphatic rings. The molecular formula is C18H26ClN3O4. The van der Waals surface area contributed by atoms with Gasteiger partial charge in [-0.25, -0.2) is 0 Å². The highest BCUT2D eigenvalue weighted by atomic mass is 35.5. The molecule has 2 N–H and O–H groups in total. The third kappa shape index (κ3) is 5.17. The van der Waals surface area contributed by atoms with Gasteiger partial charge < -0.3 is 25.0 Å². The summed E-state index contributed by atoms with van der Waals surface area (Å²) in [4.78, 5) is 26.8. The normalized spacial score (nSPS) is 20.2. The number of ether oxygens (including phenoxy) is 2. The summed E-state index contributed by atoms with van der Waals surface area (Å²) in [7, 11) is 0. The summed E-state index contributed by atoms with van der Waals surface area (Å²) in [6.07, 6.45) is 0.348. The maximum Gasteiger partial charge on any atom is 0.254 e. The number of carbonyl (C=O) groups is 2. The van der Waals surface area contributed by atoms with Gasteiger partial charge in [0.05, 0.1) is 26.4 Å². The molecule has 1 aromatic rings. The van der Waals surface area contributed by atoms with E-state index in [1.54, 1.807) is 17.0 Å². The van der Waals surface area contributed by atoms with Crippen LogP contribution in [0.1, 0.15) is 22.3 Å². The lowest BCUT2D eigenvalue weighted by Crippen LogP contribution is -2.43. The fourth-order valence-electron chi connectivity index (χ4n) is 3.12.